The second-order valence-corrected chi connectivity index (χ2v) is 7.92. The Kier molecular flexibility index (Phi) is 4.30. The van der Waals surface area contributed by atoms with E-state index in [0.29, 0.717) is 6.04 Å². The average molecular weight is 358 g/mol. The minimum Gasteiger partial charge on any atom is -0.310 e. The summed E-state index contributed by atoms with van der Waals surface area (Å²) in [7, 11) is 2.21. The van der Waals surface area contributed by atoms with Crippen molar-refractivity contribution in [1.82, 2.24) is 20.4 Å². The Morgan fingerprint density at radius 2 is 1.85 bits per heavy atom. The molecular weight excluding hydrogens is 332 g/mol. The molecule has 2 aromatic carbocycles. The first kappa shape index (κ1) is 16.7. The van der Waals surface area contributed by atoms with E-state index in [2.05, 4.69) is 76.0 Å². The van der Waals surface area contributed by atoms with Crippen LogP contribution in [-0.2, 0) is 13.0 Å². The van der Waals surface area contributed by atoms with Crippen molar-refractivity contribution in [2.45, 2.75) is 31.8 Å². The average Bonchev–Trinajstić information content (AvgIpc) is 3.27. The maximum absolute atomic E-state index is 4.62. The van der Waals surface area contributed by atoms with E-state index in [0.717, 1.165) is 18.7 Å². The summed E-state index contributed by atoms with van der Waals surface area (Å²) in [4.78, 5) is 2.41. The molecule has 4 heteroatoms. The van der Waals surface area contributed by atoms with Crippen molar-refractivity contribution in [1.29, 1.82) is 0 Å². The quantitative estimate of drug-likeness (QED) is 0.583. The first-order valence-corrected chi connectivity index (χ1v) is 9.94. The number of benzene rings is 2. The Labute approximate surface area is 160 Å². The predicted molar refractivity (Wildman–Crippen MR) is 110 cm³/mol. The number of likely N-dealkylation sites (tertiary alicyclic amines) is 1. The molecule has 0 atom stereocenters. The van der Waals surface area contributed by atoms with Crippen LogP contribution < -0.4 is 5.32 Å². The SMILES string of the molecule is CN1CCC(NCc2ccc(-c3n[nH]c4c3Cc3ccccc3-4)cc2)CC1. The van der Waals surface area contributed by atoms with Crippen LogP contribution in [0.4, 0.5) is 0 Å². The molecule has 2 aliphatic rings. The van der Waals surface area contributed by atoms with Gasteiger partial charge >= 0.3 is 0 Å². The van der Waals surface area contributed by atoms with Crippen LogP contribution in [0.5, 0.6) is 0 Å². The third-order valence-electron chi connectivity index (χ3n) is 6.06. The van der Waals surface area contributed by atoms with Gasteiger partial charge in [-0.1, -0.05) is 48.5 Å². The Bertz CT molecular complexity index is 933. The highest BCUT2D eigenvalue weighted by atomic mass is 15.1. The predicted octanol–water partition coefficient (Wildman–Crippen LogP) is 3.83. The minimum absolute atomic E-state index is 0.647. The maximum atomic E-state index is 4.62. The molecule has 4 nitrogen and oxygen atoms in total. The van der Waals surface area contributed by atoms with Gasteiger partial charge in [-0.2, -0.15) is 5.10 Å². The van der Waals surface area contributed by atoms with E-state index in [1.54, 1.807) is 0 Å². The number of rotatable bonds is 4. The second-order valence-electron chi connectivity index (χ2n) is 7.92. The number of nitrogens with one attached hydrogen (secondary N) is 2. The van der Waals surface area contributed by atoms with E-state index >= 15 is 0 Å². The van der Waals surface area contributed by atoms with Crippen LogP contribution in [0.1, 0.15) is 29.5 Å². The topological polar surface area (TPSA) is 44.0 Å². The molecule has 1 aliphatic heterocycles. The lowest BCUT2D eigenvalue weighted by Crippen LogP contribution is -2.40. The van der Waals surface area contributed by atoms with E-state index in [4.69, 9.17) is 0 Å². The fourth-order valence-electron chi connectivity index (χ4n) is 4.36. The van der Waals surface area contributed by atoms with Crippen molar-refractivity contribution in [2.75, 3.05) is 20.1 Å². The lowest BCUT2D eigenvalue weighted by Gasteiger charge is -2.29. The van der Waals surface area contributed by atoms with Gasteiger partial charge < -0.3 is 10.2 Å². The van der Waals surface area contributed by atoms with Gasteiger partial charge in [-0.3, -0.25) is 5.10 Å². The Morgan fingerprint density at radius 3 is 2.67 bits per heavy atom. The third-order valence-corrected chi connectivity index (χ3v) is 6.06. The smallest absolute Gasteiger partial charge is 0.0962 e. The van der Waals surface area contributed by atoms with Crippen molar-refractivity contribution in [2.24, 2.45) is 0 Å². The monoisotopic (exact) mass is 358 g/mol. The van der Waals surface area contributed by atoms with Crippen LogP contribution in [0, 0.1) is 0 Å². The number of fused-ring (bicyclic) bond motifs is 3. The molecule has 1 aliphatic carbocycles. The van der Waals surface area contributed by atoms with E-state index < -0.39 is 0 Å². The van der Waals surface area contributed by atoms with Crippen LogP contribution in [0.25, 0.3) is 22.5 Å². The molecule has 138 valence electrons. The number of aromatic amines is 1. The maximum Gasteiger partial charge on any atom is 0.0962 e. The van der Waals surface area contributed by atoms with Crippen molar-refractivity contribution in [3.63, 3.8) is 0 Å². The molecule has 3 aromatic rings. The van der Waals surface area contributed by atoms with Gasteiger partial charge in [0, 0.05) is 35.7 Å². The Morgan fingerprint density at radius 1 is 1.07 bits per heavy atom. The van der Waals surface area contributed by atoms with Gasteiger partial charge in [-0.25, -0.2) is 0 Å². The molecule has 2 heterocycles. The summed E-state index contributed by atoms with van der Waals surface area (Å²) in [6, 6.07) is 18.2. The number of hydrogen-bond acceptors (Lipinski definition) is 3. The van der Waals surface area contributed by atoms with Crippen LogP contribution in [-0.4, -0.2) is 41.3 Å². The largest absolute Gasteiger partial charge is 0.310 e. The second kappa shape index (κ2) is 6.95. The highest BCUT2D eigenvalue weighted by Gasteiger charge is 2.24. The van der Waals surface area contributed by atoms with Gasteiger partial charge in [0.2, 0.25) is 0 Å². The zero-order chi connectivity index (χ0) is 18.2. The molecule has 0 amide bonds. The van der Waals surface area contributed by atoms with Crippen LogP contribution in [0.15, 0.2) is 48.5 Å². The van der Waals surface area contributed by atoms with Gasteiger partial charge in [-0.15, -0.1) is 0 Å². The van der Waals surface area contributed by atoms with Gasteiger partial charge in [0.15, 0.2) is 0 Å². The van der Waals surface area contributed by atoms with Gasteiger partial charge in [0.1, 0.15) is 0 Å². The molecule has 1 saturated heterocycles. The van der Waals surface area contributed by atoms with Crippen molar-refractivity contribution in [3.8, 4) is 22.5 Å². The summed E-state index contributed by atoms with van der Waals surface area (Å²) >= 11 is 0. The zero-order valence-corrected chi connectivity index (χ0v) is 15.8. The van der Waals surface area contributed by atoms with Crippen molar-refractivity contribution < 1.29 is 0 Å². The molecule has 1 fully saturated rings. The van der Waals surface area contributed by atoms with Crippen molar-refractivity contribution in [3.05, 3.63) is 65.2 Å². The molecule has 0 bridgehead atoms. The van der Waals surface area contributed by atoms with Gasteiger partial charge in [0.05, 0.1) is 11.4 Å². The van der Waals surface area contributed by atoms with E-state index in [-0.39, 0.29) is 0 Å². The van der Waals surface area contributed by atoms with E-state index in [1.165, 1.54) is 59.4 Å². The lowest BCUT2D eigenvalue weighted by atomic mass is 10.0. The standard InChI is InChI=1S/C23H26N4/c1-27-12-10-19(11-13-27)24-15-16-6-8-17(9-7-16)22-21-14-18-4-2-3-5-20(18)23(21)26-25-22/h2-9,19,24H,10-15H2,1H3,(H,25,26). The van der Waals surface area contributed by atoms with E-state index in [9.17, 15) is 0 Å². The molecule has 0 saturated carbocycles. The lowest BCUT2D eigenvalue weighted by molar-refractivity contribution is 0.234. The number of H-pyrrole nitrogens is 1. The molecule has 0 radical (unpaired) electrons. The van der Waals surface area contributed by atoms with Gasteiger partial charge in [-0.05, 0) is 44.1 Å². The van der Waals surface area contributed by atoms with Crippen LogP contribution in [0.2, 0.25) is 0 Å². The Hall–Kier alpha value is -2.43. The van der Waals surface area contributed by atoms with Crippen molar-refractivity contribution >= 4 is 0 Å². The van der Waals surface area contributed by atoms with E-state index in [1.807, 2.05) is 0 Å². The summed E-state index contributed by atoms with van der Waals surface area (Å²) < 4.78 is 0. The minimum atomic E-state index is 0.647. The highest BCUT2D eigenvalue weighted by Crippen LogP contribution is 2.39. The first-order chi connectivity index (χ1) is 13.3. The fraction of sp³-hybridized carbons (Fsp3) is 0.348. The summed E-state index contributed by atoms with van der Waals surface area (Å²) in [5.74, 6) is 0. The number of aromatic nitrogens is 2. The first-order valence-electron chi connectivity index (χ1n) is 9.94. The molecule has 0 unspecified atom stereocenters. The normalized spacial score (nSPS) is 17.1. The van der Waals surface area contributed by atoms with Gasteiger partial charge in [0.25, 0.3) is 0 Å². The molecular formula is C23H26N4. The number of hydrogen-bond donors (Lipinski definition) is 2. The summed E-state index contributed by atoms with van der Waals surface area (Å²) in [6.07, 6.45) is 3.46. The van der Waals surface area contributed by atoms with Crippen LogP contribution >= 0.6 is 0 Å². The molecule has 0 spiro atoms. The summed E-state index contributed by atoms with van der Waals surface area (Å²) in [5, 5.41) is 11.6. The summed E-state index contributed by atoms with van der Waals surface area (Å²) in [6.45, 7) is 3.34. The summed E-state index contributed by atoms with van der Waals surface area (Å²) in [5.41, 5.74) is 8.83. The zero-order valence-electron chi connectivity index (χ0n) is 15.8. The molecule has 2 N–H and O–H groups in total. The third kappa shape index (κ3) is 3.20. The fourth-order valence-corrected chi connectivity index (χ4v) is 4.36. The highest BCUT2D eigenvalue weighted by molar-refractivity contribution is 5.80. The van der Waals surface area contributed by atoms with Crippen LogP contribution in [0.3, 0.4) is 0 Å². The number of piperidine rings is 1. The molecule has 5 rings (SSSR count). The molecule has 27 heavy (non-hydrogen) atoms. The Balaban J connectivity index is 1.28. The number of nitrogens with zero attached hydrogens (tertiary/aromatic N) is 2. The molecule has 1 aromatic heterocycles.